The van der Waals surface area contributed by atoms with Crippen molar-refractivity contribution >= 4 is 11.0 Å². The van der Waals surface area contributed by atoms with Crippen molar-refractivity contribution in [3.05, 3.63) is 29.6 Å². The minimum Gasteiger partial charge on any atom is -0.394 e. The fraction of sp³-hybridized carbons (Fsp3) is 0.222. The Labute approximate surface area is 83.7 Å². The molecule has 4 N–H and O–H groups in total. The fourth-order valence-corrected chi connectivity index (χ4v) is 1.32. The second-order valence-corrected chi connectivity index (χ2v) is 3.19. The third-order valence-electron chi connectivity index (χ3n) is 2.07. The Morgan fingerprint density at radius 1 is 1.47 bits per heavy atom. The first-order valence-corrected chi connectivity index (χ1v) is 4.33. The van der Waals surface area contributed by atoms with Gasteiger partial charge in [-0.3, -0.25) is 0 Å². The van der Waals surface area contributed by atoms with Gasteiger partial charge in [-0.2, -0.15) is 0 Å². The molecule has 0 fully saturated rings. The van der Waals surface area contributed by atoms with Crippen LogP contribution in [0.1, 0.15) is 11.9 Å². The molecular weight excluding hydrogens is 204 g/mol. The van der Waals surface area contributed by atoms with Gasteiger partial charge in [0.15, 0.2) is 5.82 Å². The molecule has 0 aliphatic heterocycles. The summed E-state index contributed by atoms with van der Waals surface area (Å²) in [6.07, 6.45) is 0. The number of nitrogens with two attached hydrogens (primary N) is 1. The van der Waals surface area contributed by atoms with Gasteiger partial charge in [0.2, 0.25) is 0 Å². The van der Waals surface area contributed by atoms with Crippen molar-refractivity contribution in [2.24, 2.45) is 5.73 Å². The van der Waals surface area contributed by atoms with Gasteiger partial charge in [-0.15, -0.1) is 0 Å². The SMILES string of the molecule is NC(CO)c1nc2c(F)cc(F)cc2[nH]1. The molecule has 0 saturated heterocycles. The van der Waals surface area contributed by atoms with Crippen molar-refractivity contribution < 1.29 is 13.9 Å². The minimum atomic E-state index is -0.752. The number of fused-ring (bicyclic) bond motifs is 1. The zero-order chi connectivity index (χ0) is 11.0. The number of aliphatic hydroxyl groups excluding tert-OH is 1. The summed E-state index contributed by atoms with van der Waals surface area (Å²) < 4.78 is 26.0. The molecule has 2 rings (SSSR count). The lowest BCUT2D eigenvalue weighted by molar-refractivity contribution is 0.264. The predicted molar refractivity (Wildman–Crippen MR) is 50.0 cm³/mol. The molecule has 0 radical (unpaired) electrons. The Kier molecular flexibility index (Phi) is 2.37. The Morgan fingerprint density at radius 3 is 2.87 bits per heavy atom. The van der Waals surface area contributed by atoms with Crippen LogP contribution in [0.3, 0.4) is 0 Å². The number of aromatic amines is 1. The first kappa shape index (κ1) is 10.0. The molecule has 0 spiro atoms. The van der Waals surface area contributed by atoms with E-state index in [2.05, 4.69) is 9.97 Å². The largest absolute Gasteiger partial charge is 0.394 e. The van der Waals surface area contributed by atoms with E-state index in [0.29, 0.717) is 0 Å². The number of aliphatic hydroxyl groups is 1. The number of nitrogens with zero attached hydrogens (tertiary/aromatic N) is 1. The molecule has 0 bridgehead atoms. The summed E-state index contributed by atoms with van der Waals surface area (Å²) in [6, 6.07) is 1.15. The smallest absolute Gasteiger partial charge is 0.153 e. The second kappa shape index (κ2) is 3.56. The summed E-state index contributed by atoms with van der Waals surface area (Å²) in [7, 11) is 0. The number of imidazole rings is 1. The van der Waals surface area contributed by atoms with Gasteiger partial charge in [0.1, 0.15) is 17.2 Å². The number of nitrogens with one attached hydrogen (secondary N) is 1. The normalized spacial score (nSPS) is 13.3. The lowest BCUT2D eigenvalue weighted by Gasteiger charge is -2.01. The van der Waals surface area contributed by atoms with E-state index in [-0.39, 0.29) is 23.5 Å². The topological polar surface area (TPSA) is 74.9 Å². The van der Waals surface area contributed by atoms with Gasteiger partial charge < -0.3 is 15.8 Å². The van der Waals surface area contributed by atoms with Gasteiger partial charge in [0.05, 0.1) is 18.2 Å². The number of aromatic nitrogens is 2. The number of hydrogen-bond donors (Lipinski definition) is 3. The van der Waals surface area contributed by atoms with E-state index in [0.717, 1.165) is 12.1 Å². The second-order valence-electron chi connectivity index (χ2n) is 3.19. The Balaban J connectivity index is 2.60. The van der Waals surface area contributed by atoms with Crippen molar-refractivity contribution in [3.8, 4) is 0 Å². The minimum absolute atomic E-state index is 0.0234. The number of H-pyrrole nitrogens is 1. The van der Waals surface area contributed by atoms with E-state index in [1.54, 1.807) is 0 Å². The number of hydrogen-bond acceptors (Lipinski definition) is 3. The predicted octanol–water partition coefficient (Wildman–Crippen LogP) is 0.833. The molecule has 0 aliphatic rings. The van der Waals surface area contributed by atoms with Gasteiger partial charge in [-0.1, -0.05) is 0 Å². The molecule has 1 heterocycles. The quantitative estimate of drug-likeness (QED) is 0.691. The lowest BCUT2D eigenvalue weighted by Crippen LogP contribution is -2.15. The van der Waals surface area contributed by atoms with Crippen LogP contribution >= 0.6 is 0 Å². The molecular formula is C9H9F2N3O. The zero-order valence-electron chi connectivity index (χ0n) is 7.67. The summed E-state index contributed by atoms with van der Waals surface area (Å²) in [5.74, 6) is -1.21. The van der Waals surface area contributed by atoms with E-state index < -0.39 is 17.7 Å². The Morgan fingerprint density at radius 2 is 2.20 bits per heavy atom. The summed E-state index contributed by atoms with van der Waals surface area (Å²) in [5.41, 5.74) is 5.74. The molecule has 6 heteroatoms. The molecule has 15 heavy (non-hydrogen) atoms. The maximum atomic E-state index is 13.2. The van der Waals surface area contributed by atoms with Crippen molar-refractivity contribution in [1.29, 1.82) is 0 Å². The zero-order valence-corrected chi connectivity index (χ0v) is 7.67. The Bertz CT molecular complexity index is 497. The first-order valence-electron chi connectivity index (χ1n) is 4.33. The summed E-state index contributed by atoms with van der Waals surface area (Å²) in [4.78, 5) is 6.49. The molecule has 2 aromatic rings. The van der Waals surface area contributed by atoms with E-state index >= 15 is 0 Å². The van der Waals surface area contributed by atoms with E-state index in [4.69, 9.17) is 10.8 Å². The maximum absolute atomic E-state index is 13.2. The van der Waals surface area contributed by atoms with Crippen LogP contribution in [0.4, 0.5) is 8.78 Å². The van der Waals surface area contributed by atoms with Crippen LogP contribution in [-0.2, 0) is 0 Å². The highest BCUT2D eigenvalue weighted by Crippen LogP contribution is 2.19. The van der Waals surface area contributed by atoms with Crippen LogP contribution in [0.5, 0.6) is 0 Å². The molecule has 0 saturated carbocycles. The monoisotopic (exact) mass is 213 g/mol. The molecule has 1 aromatic heterocycles. The third kappa shape index (κ3) is 1.69. The summed E-state index contributed by atoms with van der Waals surface area (Å²) in [5, 5.41) is 8.78. The molecule has 1 unspecified atom stereocenters. The van der Waals surface area contributed by atoms with E-state index in [9.17, 15) is 8.78 Å². The highest BCUT2D eigenvalue weighted by atomic mass is 19.1. The van der Waals surface area contributed by atoms with Crippen LogP contribution in [0.15, 0.2) is 12.1 Å². The van der Waals surface area contributed by atoms with Crippen molar-refractivity contribution in [3.63, 3.8) is 0 Å². The first-order chi connectivity index (χ1) is 7.11. The van der Waals surface area contributed by atoms with Gasteiger partial charge >= 0.3 is 0 Å². The van der Waals surface area contributed by atoms with Crippen LogP contribution in [0.25, 0.3) is 11.0 Å². The van der Waals surface area contributed by atoms with Crippen LogP contribution in [0.2, 0.25) is 0 Å². The van der Waals surface area contributed by atoms with Crippen LogP contribution < -0.4 is 5.73 Å². The highest BCUT2D eigenvalue weighted by molar-refractivity contribution is 5.75. The van der Waals surface area contributed by atoms with Crippen LogP contribution in [0, 0.1) is 11.6 Å². The van der Waals surface area contributed by atoms with Gasteiger partial charge in [0.25, 0.3) is 0 Å². The van der Waals surface area contributed by atoms with Gasteiger partial charge in [-0.25, -0.2) is 13.8 Å². The average molecular weight is 213 g/mol. The lowest BCUT2D eigenvalue weighted by atomic mass is 10.3. The van der Waals surface area contributed by atoms with Crippen LogP contribution in [-0.4, -0.2) is 21.7 Å². The van der Waals surface area contributed by atoms with Crippen molar-refractivity contribution in [2.45, 2.75) is 6.04 Å². The van der Waals surface area contributed by atoms with Gasteiger partial charge in [-0.05, 0) is 6.07 Å². The number of rotatable bonds is 2. The van der Waals surface area contributed by atoms with Gasteiger partial charge in [0, 0.05) is 6.07 Å². The standard InChI is InChI=1S/C9H9F2N3O/c10-4-1-5(11)8-7(2-4)13-9(14-8)6(12)3-15/h1-2,6,15H,3,12H2,(H,13,14). The average Bonchev–Trinajstić information content (AvgIpc) is 2.60. The summed E-state index contributed by atoms with van der Waals surface area (Å²) >= 11 is 0. The highest BCUT2D eigenvalue weighted by Gasteiger charge is 2.13. The summed E-state index contributed by atoms with van der Waals surface area (Å²) in [6.45, 7) is -0.316. The fourth-order valence-electron chi connectivity index (χ4n) is 1.32. The molecule has 1 aromatic carbocycles. The van der Waals surface area contributed by atoms with Crippen molar-refractivity contribution in [1.82, 2.24) is 9.97 Å². The molecule has 0 aliphatic carbocycles. The Hall–Kier alpha value is -1.53. The number of benzene rings is 1. The maximum Gasteiger partial charge on any atom is 0.153 e. The number of halogens is 2. The molecule has 0 amide bonds. The molecule has 80 valence electrons. The molecule has 4 nitrogen and oxygen atoms in total. The van der Waals surface area contributed by atoms with E-state index in [1.165, 1.54) is 0 Å². The molecule has 1 atom stereocenters. The van der Waals surface area contributed by atoms with E-state index in [1.807, 2.05) is 0 Å². The van der Waals surface area contributed by atoms with Crippen molar-refractivity contribution in [2.75, 3.05) is 6.61 Å². The third-order valence-corrected chi connectivity index (χ3v) is 2.07.